The van der Waals surface area contributed by atoms with Crippen molar-refractivity contribution in [3.05, 3.63) is 54.0 Å². The van der Waals surface area contributed by atoms with Crippen LogP contribution in [0.4, 0.5) is 8.78 Å². The highest BCUT2D eigenvalue weighted by Gasteiger charge is 2.23. The summed E-state index contributed by atoms with van der Waals surface area (Å²) in [5.74, 6) is -0.149. The van der Waals surface area contributed by atoms with Crippen molar-refractivity contribution in [2.24, 2.45) is 0 Å². The second-order valence-electron chi connectivity index (χ2n) is 6.91. The zero-order valence-electron chi connectivity index (χ0n) is 17.6. The number of halogens is 2. The SMILES string of the molecule is CCNC(=O)c1c(OC)cc(-c2cnc3cc(-c4cc(C)no4)ccn23)cc1OC(F)F. The van der Waals surface area contributed by atoms with Crippen molar-refractivity contribution in [2.75, 3.05) is 13.7 Å². The Kier molecular flexibility index (Phi) is 5.76. The molecule has 10 heteroatoms. The van der Waals surface area contributed by atoms with E-state index in [2.05, 4.69) is 20.2 Å². The molecule has 0 aliphatic rings. The van der Waals surface area contributed by atoms with E-state index in [0.29, 0.717) is 29.2 Å². The first-order valence-electron chi connectivity index (χ1n) is 9.77. The number of ether oxygens (including phenoxy) is 2. The Morgan fingerprint density at radius 3 is 2.66 bits per heavy atom. The molecule has 0 fully saturated rings. The average Bonchev–Trinajstić information content (AvgIpc) is 3.38. The number of pyridine rings is 1. The molecule has 32 heavy (non-hydrogen) atoms. The largest absolute Gasteiger partial charge is 0.496 e. The van der Waals surface area contributed by atoms with Gasteiger partial charge in [0, 0.05) is 29.9 Å². The number of rotatable bonds is 7. The Morgan fingerprint density at radius 2 is 2.00 bits per heavy atom. The first-order chi connectivity index (χ1) is 15.4. The van der Waals surface area contributed by atoms with Crippen molar-refractivity contribution >= 4 is 11.6 Å². The minimum atomic E-state index is -3.11. The molecular weight excluding hydrogens is 422 g/mol. The molecule has 8 nitrogen and oxygen atoms in total. The maximum atomic E-state index is 13.1. The van der Waals surface area contributed by atoms with Gasteiger partial charge in [-0.25, -0.2) is 4.98 Å². The second-order valence-corrected chi connectivity index (χ2v) is 6.91. The fourth-order valence-corrected chi connectivity index (χ4v) is 3.41. The van der Waals surface area contributed by atoms with Gasteiger partial charge in [0.1, 0.15) is 22.7 Å². The van der Waals surface area contributed by atoms with Gasteiger partial charge in [0.2, 0.25) is 0 Å². The van der Waals surface area contributed by atoms with Crippen LogP contribution in [-0.4, -0.2) is 40.7 Å². The second kappa shape index (κ2) is 8.66. The zero-order valence-corrected chi connectivity index (χ0v) is 17.6. The Labute approximate surface area is 181 Å². The zero-order chi connectivity index (χ0) is 22.8. The van der Waals surface area contributed by atoms with Gasteiger partial charge in [-0.1, -0.05) is 5.16 Å². The smallest absolute Gasteiger partial charge is 0.387 e. The monoisotopic (exact) mass is 442 g/mol. The highest BCUT2D eigenvalue weighted by Crippen LogP contribution is 2.36. The van der Waals surface area contributed by atoms with E-state index < -0.39 is 12.5 Å². The summed E-state index contributed by atoms with van der Waals surface area (Å²) in [4.78, 5) is 16.9. The number of benzene rings is 1. The van der Waals surface area contributed by atoms with Crippen LogP contribution >= 0.6 is 0 Å². The molecule has 0 spiro atoms. The van der Waals surface area contributed by atoms with Gasteiger partial charge < -0.3 is 19.3 Å². The highest BCUT2D eigenvalue weighted by atomic mass is 19.3. The van der Waals surface area contributed by atoms with Gasteiger partial charge >= 0.3 is 6.61 Å². The Morgan fingerprint density at radius 1 is 1.22 bits per heavy atom. The highest BCUT2D eigenvalue weighted by molar-refractivity contribution is 6.00. The lowest BCUT2D eigenvalue weighted by molar-refractivity contribution is -0.0502. The van der Waals surface area contributed by atoms with Crippen LogP contribution in [0, 0.1) is 6.92 Å². The van der Waals surface area contributed by atoms with Gasteiger partial charge in [-0.2, -0.15) is 8.78 Å². The quantitative estimate of drug-likeness (QED) is 0.458. The lowest BCUT2D eigenvalue weighted by atomic mass is 10.1. The Balaban J connectivity index is 1.82. The molecule has 1 aromatic carbocycles. The molecule has 1 amide bonds. The average molecular weight is 442 g/mol. The summed E-state index contributed by atoms with van der Waals surface area (Å²) in [7, 11) is 1.36. The lowest BCUT2D eigenvalue weighted by Gasteiger charge is -2.16. The first kappa shape index (κ1) is 21.3. The number of hydrogen-bond acceptors (Lipinski definition) is 6. The predicted molar refractivity (Wildman–Crippen MR) is 112 cm³/mol. The minimum absolute atomic E-state index is 0.102. The number of nitrogens with one attached hydrogen (secondary N) is 1. The molecule has 0 unspecified atom stereocenters. The van der Waals surface area contributed by atoms with E-state index in [9.17, 15) is 13.6 Å². The van der Waals surface area contributed by atoms with Gasteiger partial charge in [0.15, 0.2) is 5.76 Å². The van der Waals surface area contributed by atoms with Crippen LogP contribution in [0.5, 0.6) is 11.5 Å². The number of alkyl halides is 2. The Bertz CT molecular complexity index is 1280. The first-order valence-corrected chi connectivity index (χ1v) is 9.77. The summed E-state index contributed by atoms with van der Waals surface area (Å²) in [5, 5.41) is 6.47. The molecule has 0 aliphatic heterocycles. The standard InChI is InChI=1S/C22H20F2N4O4/c1-4-25-21(29)20-17(30-3)8-14(9-18(20)31-22(23)24)15-11-26-19-10-13(5-6-28(15)19)16-7-12(2)27-32-16/h5-11,22H,4H2,1-3H3,(H,25,29). The molecule has 3 heterocycles. The molecule has 4 aromatic rings. The molecule has 3 aromatic heterocycles. The van der Waals surface area contributed by atoms with E-state index in [0.717, 1.165) is 11.3 Å². The molecule has 0 saturated heterocycles. The van der Waals surface area contributed by atoms with Crippen LogP contribution in [-0.2, 0) is 0 Å². The van der Waals surface area contributed by atoms with Crippen LogP contribution in [0.1, 0.15) is 23.0 Å². The molecule has 4 rings (SSSR count). The number of aromatic nitrogens is 3. The maximum absolute atomic E-state index is 13.1. The van der Waals surface area contributed by atoms with Crippen molar-refractivity contribution in [1.29, 1.82) is 0 Å². The summed E-state index contributed by atoms with van der Waals surface area (Å²) >= 11 is 0. The molecule has 0 radical (unpaired) electrons. The third kappa shape index (κ3) is 3.98. The number of hydrogen-bond donors (Lipinski definition) is 1. The molecular formula is C22H20F2N4O4. The normalized spacial score (nSPS) is 11.2. The van der Waals surface area contributed by atoms with E-state index in [-0.39, 0.29) is 17.1 Å². The molecule has 166 valence electrons. The number of aryl methyl sites for hydroxylation is 1. The van der Waals surface area contributed by atoms with Gasteiger partial charge in [-0.3, -0.25) is 9.20 Å². The minimum Gasteiger partial charge on any atom is -0.496 e. The van der Waals surface area contributed by atoms with Crippen LogP contribution in [0.3, 0.4) is 0 Å². The summed E-state index contributed by atoms with van der Waals surface area (Å²) in [6.45, 7) is 0.756. The number of methoxy groups -OCH3 is 1. The molecule has 0 aliphatic carbocycles. The predicted octanol–water partition coefficient (Wildman–Crippen LogP) is 4.32. The summed E-state index contributed by atoms with van der Waals surface area (Å²) < 4.78 is 43.3. The van der Waals surface area contributed by atoms with Crippen molar-refractivity contribution in [1.82, 2.24) is 19.9 Å². The molecule has 0 saturated carbocycles. The molecule has 0 atom stereocenters. The fourth-order valence-electron chi connectivity index (χ4n) is 3.41. The van der Waals surface area contributed by atoms with Gasteiger partial charge in [0.25, 0.3) is 5.91 Å². The van der Waals surface area contributed by atoms with Crippen LogP contribution in [0.2, 0.25) is 0 Å². The maximum Gasteiger partial charge on any atom is 0.387 e. The number of amides is 1. The molecule has 0 bridgehead atoms. The van der Waals surface area contributed by atoms with E-state index >= 15 is 0 Å². The van der Waals surface area contributed by atoms with Crippen LogP contribution in [0.25, 0.3) is 28.2 Å². The third-order valence-corrected chi connectivity index (χ3v) is 4.79. The number of carbonyl (C=O) groups is 1. The number of carbonyl (C=O) groups excluding carboxylic acids is 1. The van der Waals surface area contributed by atoms with Crippen LogP contribution < -0.4 is 14.8 Å². The van der Waals surface area contributed by atoms with E-state index in [1.807, 2.05) is 25.1 Å². The van der Waals surface area contributed by atoms with Gasteiger partial charge in [-0.15, -0.1) is 0 Å². The lowest BCUT2D eigenvalue weighted by Crippen LogP contribution is -2.24. The van der Waals surface area contributed by atoms with E-state index in [4.69, 9.17) is 9.26 Å². The third-order valence-electron chi connectivity index (χ3n) is 4.79. The Hall–Kier alpha value is -3.95. The summed E-state index contributed by atoms with van der Waals surface area (Å²) in [6.07, 6.45) is 3.38. The van der Waals surface area contributed by atoms with E-state index in [1.54, 1.807) is 29.8 Å². The summed E-state index contributed by atoms with van der Waals surface area (Å²) in [6, 6.07) is 8.42. The van der Waals surface area contributed by atoms with Crippen molar-refractivity contribution in [3.8, 4) is 34.1 Å². The van der Waals surface area contributed by atoms with Crippen molar-refractivity contribution in [3.63, 3.8) is 0 Å². The topological polar surface area (TPSA) is 90.9 Å². The molecule has 1 N–H and O–H groups in total. The van der Waals surface area contributed by atoms with Crippen LogP contribution in [0.15, 0.2) is 47.2 Å². The summed E-state index contributed by atoms with van der Waals surface area (Å²) in [5.41, 5.74) is 3.14. The van der Waals surface area contributed by atoms with Crippen molar-refractivity contribution in [2.45, 2.75) is 20.5 Å². The van der Waals surface area contributed by atoms with E-state index in [1.165, 1.54) is 13.2 Å². The number of imidazole rings is 1. The number of fused-ring (bicyclic) bond motifs is 1. The van der Waals surface area contributed by atoms with Gasteiger partial charge in [0.05, 0.1) is 24.7 Å². The van der Waals surface area contributed by atoms with Crippen molar-refractivity contribution < 1.29 is 27.6 Å². The number of nitrogens with zero attached hydrogens (tertiary/aromatic N) is 3. The fraction of sp³-hybridized carbons (Fsp3) is 0.227. The van der Waals surface area contributed by atoms with Gasteiger partial charge in [-0.05, 0) is 38.1 Å².